The van der Waals surface area contributed by atoms with E-state index in [4.69, 9.17) is 4.42 Å². The van der Waals surface area contributed by atoms with E-state index in [1.807, 2.05) is 61.5 Å². The van der Waals surface area contributed by atoms with E-state index < -0.39 is 6.10 Å². The zero-order valence-electron chi connectivity index (χ0n) is 11.0. The van der Waals surface area contributed by atoms with Crippen molar-refractivity contribution in [2.45, 2.75) is 13.0 Å². The second-order valence-corrected chi connectivity index (χ2v) is 4.62. The van der Waals surface area contributed by atoms with E-state index in [2.05, 4.69) is 10.2 Å². The van der Waals surface area contributed by atoms with Gasteiger partial charge in [-0.05, 0) is 24.6 Å². The Kier molecular flexibility index (Phi) is 3.31. The van der Waals surface area contributed by atoms with Crippen molar-refractivity contribution in [2.75, 3.05) is 0 Å². The number of hydrogen-bond donors (Lipinski definition) is 1. The molecule has 0 unspecified atom stereocenters. The molecule has 0 aliphatic heterocycles. The van der Waals surface area contributed by atoms with Gasteiger partial charge >= 0.3 is 0 Å². The third-order valence-corrected chi connectivity index (χ3v) is 3.09. The molecule has 0 saturated heterocycles. The van der Waals surface area contributed by atoms with E-state index in [9.17, 15) is 5.11 Å². The van der Waals surface area contributed by atoms with Gasteiger partial charge in [0.05, 0.1) is 0 Å². The molecule has 1 aromatic heterocycles. The number of hydrogen-bond acceptors (Lipinski definition) is 4. The molecule has 3 rings (SSSR count). The average molecular weight is 266 g/mol. The van der Waals surface area contributed by atoms with Crippen LogP contribution < -0.4 is 0 Å². The fourth-order valence-corrected chi connectivity index (χ4v) is 1.93. The molecule has 4 heteroatoms. The molecule has 1 atom stereocenters. The molecule has 3 aromatic rings. The summed E-state index contributed by atoms with van der Waals surface area (Å²) in [6, 6.07) is 17.1. The van der Waals surface area contributed by atoms with Gasteiger partial charge in [0.1, 0.15) is 0 Å². The molecule has 0 saturated carbocycles. The third-order valence-electron chi connectivity index (χ3n) is 3.09. The first-order valence-corrected chi connectivity index (χ1v) is 6.37. The first-order chi connectivity index (χ1) is 9.74. The van der Waals surface area contributed by atoms with Crippen LogP contribution in [0.3, 0.4) is 0 Å². The molecule has 0 amide bonds. The SMILES string of the molecule is Cc1ccc([C@@H](O)c2nnc(-c3ccccc3)o2)cc1. The molecular formula is C16H14N2O2. The topological polar surface area (TPSA) is 59.2 Å². The van der Waals surface area contributed by atoms with Gasteiger partial charge in [0.25, 0.3) is 0 Å². The molecule has 4 nitrogen and oxygen atoms in total. The molecule has 1 heterocycles. The lowest BCUT2D eigenvalue weighted by Crippen LogP contribution is -1.99. The summed E-state index contributed by atoms with van der Waals surface area (Å²) in [5.41, 5.74) is 2.71. The minimum atomic E-state index is -0.902. The highest BCUT2D eigenvalue weighted by Crippen LogP contribution is 2.24. The van der Waals surface area contributed by atoms with Crippen LogP contribution in [0.4, 0.5) is 0 Å². The summed E-state index contributed by atoms with van der Waals surface area (Å²) >= 11 is 0. The molecule has 0 aliphatic rings. The number of benzene rings is 2. The van der Waals surface area contributed by atoms with E-state index in [-0.39, 0.29) is 5.89 Å². The molecule has 0 aliphatic carbocycles. The normalized spacial score (nSPS) is 12.3. The Morgan fingerprint density at radius 1 is 0.950 bits per heavy atom. The lowest BCUT2D eigenvalue weighted by Gasteiger charge is -2.06. The van der Waals surface area contributed by atoms with Crippen molar-refractivity contribution < 1.29 is 9.52 Å². The Morgan fingerprint density at radius 3 is 2.35 bits per heavy atom. The quantitative estimate of drug-likeness (QED) is 0.791. The Bertz CT molecular complexity index is 690. The maximum atomic E-state index is 10.2. The monoisotopic (exact) mass is 266 g/mol. The molecule has 20 heavy (non-hydrogen) atoms. The molecule has 100 valence electrons. The first kappa shape index (κ1) is 12.6. The van der Waals surface area contributed by atoms with Crippen molar-refractivity contribution in [3.8, 4) is 11.5 Å². The minimum Gasteiger partial charge on any atom is -0.417 e. The first-order valence-electron chi connectivity index (χ1n) is 6.37. The summed E-state index contributed by atoms with van der Waals surface area (Å²) in [7, 11) is 0. The van der Waals surface area contributed by atoms with Gasteiger partial charge in [0.15, 0.2) is 6.10 Å². The van der Waals surface area contributed by atoms with Gasteiger partial charge in [-0.1, -0.05) is 48.0 Å². The molecular weight excluding hydrogens is 252 g/mol. The standard InChI is InChI=1S/C16H14N2O2/c1-11-7-9-12(10-8-11)14(19)16-18-17-15(20-16)13-5-3-2-4-6-13/h2-10,14,19H,1H3/t14-/m1/s1. The van der Waals surface area contributed by atoms with Gasteiger partial charge < -0.3 is 9.52 Å². The van der Waals surface area contributed by atoms with Crippen LogP contribution in [0.25, 0.3) is 11.5 Å². The van der Waals surface area contributed by atoms with Crippen molar-refractivity contribution in [1.29, 1.82) is 0 Å². The second-order valence-electron chi connectivity index (χ2n) is 4.62. The summed E-state index contributed by atoms with van der Waals surface area (Å²) in [6.45, 7) is 2.00. The van der Waals surface area contributed by atoms with Crippen LogP contribution >= 0.6 is 0 Å². The summed E-state index contributed by atoms with van der Waals surface area (Å²) < 4.78 is 5.54. The number of nitrogens with zero attached hydrogens (tertiary/aromatic N) is 2. The maximum absolute atomic E-state index is 10.2. The fraction of sp³-hybridized carbons (Fsp3) is 0.125. The number of aliphatic hydroxyl groups excluding tert-OH is 1. The zero-order chi connectivity index (χ0) is 13.9. The molecule has 2 aromatic carbocycles. The lowest BCUT2D eigenvalue weighted by atomic mass is 10.1. The highest BCUT2D eigenvalue weighted by atomic mass is 16.4. The predicted molar refractivity (Wildman–Crippen MR) is 75.0 cm³/mol. The summed E-state index contributed by atoms with van der Waals surface area (Å²) in [5, 5.41) is 18.1. The van der Waals surface area contributed by atoms with Gasteiger partial charge in [0.2, 0.25) is 11.8 Å². The Hall–Kier alpha value is -2.46. The van der Waals surface area contributed by atoms with Gasteiger partial charge in [-0.25, -0.2) is 0 Å². The van der Waals surface area contributed by atoms with Crippen LogP contribution in [-0.2, 0) is 0 Å². The summed E-state index contributed by atoms with van der Waals surface area (Å²) in [5.74, 6) is 0.611. The largest absolute Gasteiger partial charge is 0.417 e. The molecule has 1 N–H and O–H groups in total. The maximum Gasteiger partial charge on any atom is 0.249 e. The minimum absolute atomic E-state index is 0.202. The van der Waals surface area contributed by atoms with Crippen molar-refractivity contribution in [1.82, 2.24) is 10.2 Å². The molecule has 0 radical (unpaired) electrons. The number of aryl methyl sites for hydroxylation is 1. The van der Waals surface area contributed by atoms with Crippen LogP contribution in [-0.4, -0.2) is 15.3 Å². The molecule has 0 fully saturated rings. The van der Waals surface area contributed by atoms with E-state index >= 15 is 0 Å². The van der Waals surface area contributed by atoms with Crippen molar-refractivity contribution in [3.63, 3.8) is 0 Å². The lowest BCUT2D eigenvalue weighted by molar-refractivity contribution is 0.183. The Labute approximate surface area is 116 Å². The van der Waals surface area contributed by atoms with Gasteiger partial charge in [-0.3, -0.25) is 0 Å². The van der Waals surface area contributed by atoms with E-state index in [1.54, 1.807) is 0 Å². The van der Waals surface area contributed by atoms with Gasteiger partial charge in [-0.2, -0.15) is 0 Å². The van der Waals surface area contributed by atoms with Crippen LogP contribution in [0.1, 0.15) is 23.1 Å². The summed E-state index contributed by atoms with van der Waals surface area (Å²) in [6.07, 6.45) is -0.902. The number of aromatic nitrogens is 2. The summed E-state index contributed by atoms with van der Waals surface area (Å²) in [4.78, 5) is 0. The van der Waals surface area contributed by atoms with Gasteiger partial charge in [0, 0.05) is 5.56 Å². The van der Waals surface area contributed by atoms with Crippen LogP contribution in [0, 0.1) is 6.92 Å². The van der Waals surface area contributed by atoms with E-state index in [0.717, 1.165) is 16.7 Å². The number of rotatable bonds is 3. The van der Waals surface area contributed by atoms with Crippen molar-refractivity contribution in [3.05, 3.63) is 71.6 Å². The Morgan fingerprint density at radius 2 is 1.65 bits per heavy atom. The van der Waals surface area contributed by atoms with Crippen LogP contribution in [0.5, 0.6) is 0 Å². The predicted octanol–water partition coefficient (Wildman–Crippen LogP) is 3.13. The van der Waals surface area contributed by atoms with Gasteiger partial charge in [-0.15, -0.1) is 10.2 Å². The Balaban J connectivity index is 1.88. The van der Waals surface area contributed by atoms with E-state index in [1.165, 1.54) is 0 Å². The smallest absolute Gasteiger partial charge is 0.249 e. The highest BCUT2D eigenvalue weighted by molar-refractivity contribution is 5.51. The van der Waals surface area contributed by atoms with Crippen LogP contribution in [0.15, 0.2) is 59.0 Å². The number of aliphatic hydroxyl groups is 1. The fourth-order valence-electron chi connectivity index (χ4n) is 1.93. The highest BCUT2D eigenvalue weighted by Gasteiger charge is 2.18. The second kappa shape index (κ2) is 5.27. The van der Waals surface area contributed by atoms with Crippen molar-refractivity contribution >= 4 is 0 Å². The molecule has 0 spiro atoms. The van der Waals surface area contributed by atoms with E-state index in [0.29, 0.717) is 5.89 Å². The third kappa shape index (κ3) is 2.46. The van der Waals surface area contributed by atoms with Crippen LogP contribution in [0.2, 0.25) is 0 Å². The molecule has 0 bridgehead atoms. The van der Waals surface area contributed by atoms with Crippen molar-refractivity contribution in [2.24, 2.45) is 0 Å². The average Bonchev–Trinajstić information content (AvgIpc) is 2.98. The zero-order valence-corrected chi connectivity index (χ0v) is 11.0.